The zero-order valence-electron chi connectivity index (χ0n) is 43.2. The Hall–Kier alpha value is -3.67. The number of ether oxygens (including phenoxy) is 7. The summed E-state index contributed by atoms with van der Waals surface area (Å²) in [6, 6.07) is 6.37. The fourth-order valence-electron chi connectivity index (χ4n) is 10.7. The van der Waals surface area contributed by atoms with E-state index in [1.54, 1.807) is 68.5 Å². The smallest absolute Gasteiger partial charge is 0.414 e. The van der Waals surface area contributed by atoms with Crippen LogP contribution in [-0.2, 0) is 50.9 Å². The van der Waals surface area contributed by atoms with Gasteiger partial charge in [-0.2, -0.15) is 0 Å². The summed E-state index contributed by atoms with van der Waals surface area (Å²) >= 11 is 0. The van der Waals surface area contributed by atoms with Crippen molar-refractivity contribution in [2.24, 2.45) is 17.8 Å². The molecule has 1 aromatic heterocycles. The number of hydrogen-bond donors (Lipinski definition) is 4. The minimum absolute atomic E-state index is 0.0165. The molecule has 4 fully saturated rings. The molecule has 2 aromatic rings. The lowest BCUT2D eigenvalue weighted by atomic mass is 9.77. The molecule has 4 N–H and O–H groups in total. The van der Waals surface area contributed by atoms with Gasteiger partial charge in [-0.05, 0) is 106 Å². The van der Waals surface area contributed by atoms with Gasteiger partial charge in [-0.15, -0.1) is 5.10 Å². The first kappa shape index (κ1) is 55.6. The van der Waals surface area contributed by atoms with Crippen LogP contribution in [-0.4, -0.2) is 195 Å². The van der Waals surface area contributed by atoms with Crippen LogP contribution in [0.4, 0.5) is 10.5 Å². The van der Waals surface area contributed by atoms with Crippen molar-refractivity contribution >= 4 is 23.5 Å². The van der Waals surface area contributed by atoms with Crippen molar-refractivity contribution in [3.63, 3.8) is 0 Å². The van der Waals surface area contributed by atoms with E-state index in [1.165, 1.54) is 14.0 Å². The molecule has 4 aliphatic rings. The van der Waals surface area contributed by atoms with E-state index >= 15 is 0 Å². The second-order valence-electron chi connectivity index (χ2n) is 21.2. The van der Waals surface area contributed by atoms with E-state index in [9.17, 15) is 34.8 Å². The largest absolute Gasteiger partial charge is 0.463 e. The number of aliphatic hydroxyl groups excluding tert-OH is 3. The zero-order valence-corrected chi connectivity index (χ0v) is 43.2. The molecule has 5 heterocycles. The van der Waals surface area contributed by atoms with Crippen molar-refractivity contribution in [2.75, 3.05) is 52.3 Å². The molecule has 4 saturated heterocycles. The number of methoxy groups -OCH3 is 1. The van der Waals surface area contributed by atoms with E-state index in [2.05, 4.69) is 15.2 Å². The minimum atomic E-state index is -1.52. The van der Waals surface area contributed by atoms with Gasteiger partial charge in [0.15, 0.2) is 18.4 Å². The van der Waals surface area contributed by atoms with Gasteiger partial charge in [-0.1, -0.05) is 19.1 Å². The Bertz CT molecular complexity index is 2040. The summed E-state index contributed by atoms with van der Waals surface area (Å²) in [5.41, 5.74) is -0.556. The molecule has 4 aliphatic heterocycles. The fraction of sp³-hybridized carbons (Fsp3) is 0.780. The van der Waals surface area contributed by atoms with Crippen LogP contribution in [0.1, 0.15) is 104 Å². The van der Waals surface area contributed by atoms with Crippen LogP contribution in [0.3, 0.4) is 0 Å². The van der Waals surface area contributed by atoms with Crippen molar-refractivity contribution in [1.82, 2.24) is 24.8 Å². The molecule has 0 radical (unpaired) electrons. The Labute approximate surface area is 412 Å². The molecule has 70 heavy (non-hydrogen) atoms. The van der Waals surface area contributed by atoms with Crippen LogP contribution >= 0.6 is 0 Å². The van der Waals surface area contributed by atoms with Gasteiger partial charge in [0.25, 0.3) is 0 Å². The number of Topliss-reactive ketones (excluding diaryl/α,β-unsaturated/α-hetero) is 1. The molecule has 394 valence electrons. The average molecular weight is 989 g/mol. The highest BCUT2D eigenvalue weighted by Crippen LogP contribution is 2.40. The number of cyclic esters (lactones) is 2. The first-order valence-electron chi connectivity index (χ1n) is 24.9. The monoisotopic (exact) mass is 989 g/mol. The molecule has 6 rings (SSSR count). The number of aliphatic hydroxyl groups is 4. The van der Waals surface area contributed by atoms with E-state index in [1.807, 2.05) is 46.0 Å². The topological polar surface area (TPSA) is 237 Å². The van der Waals surface area contributed by atoms with Crippen molar-refractivity contribution in [1.29, 1.82) is 0 Å². The highest BCUT2D eigenvalue weighted by molar-refractivity contribution is 5.95. The van der Waals surface area contributed by atoms with Crippen molar-refractivity contribution in [3.8, 4) is 0 Å². The van der Waals surface area contributed by atoms with Crippen LogP contribution in [0.25, 0.3) is 0 Å². The van der Waals surface area contributed by atoms with Gasteiger partial charge < -0.3 is 63.4 Å². The molecule has 0 saturated carbocycles. The summed E-state index contributed by atoms with van der Waals surface area (Å²) in [5.74, 6) is -2.54. The quantitative estimate of drug-likeness (QED) is 0.167. The second-order valence-corrected chi connectivity index (χ2v) is 21.2. The van der Waals surface area contributed by atoms with Gasteiger partial charge in [0.05, 0.1) is 66.4 Å². The fourth-order valence-corrected chi connectivity index (χ4v) is 10.7. The summed E-state index contributed by atoms with van der Waals surface area (Å²) in [6.45, 7) is 17.4. The van der Waals surface area contributed by atoms with Gasteiger partial charge in [0, 0.05) is 74.9 Å². The van der Waals surface area contributed by atoms with E-state index in [0.29, 0.717) is 50.3 Å². The van der Waals surface area contributed by atoms with Gasteiger partial charge in [-0.25, -0.2) is 9.48 Å². The third-order valence-electron chi connectivity index (χ3n) is 15.1. The number of hydrogen-bond acceptors (Lipinski definition) is 18. The van der Waals surface area contributed by atoms with Crippen LogP contribution in [0, 0.1) is 17.8 Å². The Morgan fingerprint density at radius 1 is 0.957 bits per heavy atom. The molecule has 0 aliphatic carbocycles. The molecular weight excluding hydrogens is 909 g/mol. The van der Waals surface area contributed by atoms with E-state index < -0.39 is 103 Å². The van der Waals surface area contributed by atoms with E-state index in [-0.39, 0.29) is 36.7 Å². The number of benzene rings is 1. The van der Waals surface area contributed by atoms with E-state index in [4.69, 9.17) is 33.2 Å². The van der Waals surface area contributed by atoms with Gasteiger partial charge in [-0.3, -0.25) is 14.5 Å². The van der Waals surface area contributed by atoms with E-state index in [0.717, 1.165) is 12.1 Å². The van der Waals surface area contributed by atoms with Crippen molar-refractivity contribution in [3.05, 3.63) is 41.7 Å². The lowest BCUT2D eigenvalue weighted by Crippen LogP contribution is -2.59. The molecule has 0 bridgehead atoms. The number of likely N-dealkylation sites (N-methyl/N-ethyl adjacent to an activating group) is 2. The molecule has 0 unspecified atom stereocenters. The lowest BCUT2D eigenvalue weighted by Gasteiger charge is -2.48. The molecule has 1 aromatic carbocycles. The number of rotatable bonds is 13. The Balaban J connectivity index is 1.17. The Morgan fingerprint density at radius 2 is 1.66 bits per heavy atom. The Kier molecular flexibility index (Phi) is 18.7. The third-order valence-corrected chi connectivity index (χ3v) is 15.1. The van der Waals surface area contributed by atoms with Gasteiger partial charge in [0.2, 0.25) is 0 Å². The summed E-state index contributed by atoms with van der Waals surface area (Å²) < 4.78 is 45.2. The second kappa shape index (κ2) is 23.5. The van der Waals surface area contributed by atoms with Gasteiger partial charge in [0.1, 0.15) is 24.9 Å². The van der Waals surface area contributed by atoms with Crippen molar-refractivity contribution < 1.29 is 68.0 Å². The third kappa shape index (κ3) is 13.5. The molecular formula is C50H80N6O14. The molecule has 20 nitrogen and oxygen atoms in total. The van der Waals surface area contributed by atoms with Crippen LogP contribution in [0.15, 0.2) is 30.5 Å². The number of ketones is 1. The Morgan fingerprint density at radius 3 is 2.33 bits per heavy atom. The highest BCUT2D eigenvalue weighted by atomic mass is 16.7. The predicted molar refractivity (Wildman–Crippen MR) is 256 cm³/mol. The number of carbonyl (C=O) groups excluding carboxylic acids is 3. The predicted octanol–water partition coefficient (Wildman–Crippen LogP) is 3.19. The first-order valence-corrected chi connectivity index (χ1v) is 24.9. The highest BCUT2D eigenvalue weighted by Gasteiger charge is 2.51. The standard InChI is InChI=1S/C50H80N6O14/c1-28-21-49(8,63)46(30(3)44(69-42-22-50(9,64-12)45(60)34(7)67-42)31(4)47(61)65-27-40(58)43(59)32(5)54(11)23-28)70-41-20-38(19-29(2)66-41)53(10)18-17-36-24-55(52-51-36)25-39-26-56(48(62)68-39)37-15-13-35(14-16-37)33(6)57/h13-16,24,28-32,34,38-46,58-60,63H,17-23,25-27H2,1-12H3/t28-,29-,30+,31-,32-,34+,38+,39+,40-,41+,42+,43-,44+,45+,46-,49-,50-/m1/s1. The minimum Gasteiger partial charge on any atom is -0.463 e. The van der Waals surface area contributed by atoms with Crippen molar-refractivity contribution in [2.45, 2.75) is 186 Å². The summed E-state index contributed by atoms with van der Waals surface area (Å²) in [6.07, 6.45) is -4.94. The number of amides is 1. The summed E-state index contributed by atoms with van der Waals surface area (Å²) in [4.78, 5) is 44.2. The molecule has 20 heteroatoms. The summed E-state index contributed by atoms with van der Waals surface area (Å²) in [7, 11) is 5.40. The molecule has 17 atom stereocenters. The number of anilines is 1. The maximum Gasteiger partial charge on any atom is 0.414 e. The zero-order chi connectivity index (χ0) is 51.4. The molecule has 0 spiro atoms. The number of carbonyl (C=O) groups is 3. The normalized spacial score (nSPS) is 38.8. The lowest BCUT2D eigenvalue weighted by molar-refractivity contribution is -0.308. The number of aromatic nitrogens is 3. The van der Waals surface area contributed by atoms with Crippen LogP contribution in [0.2, 0.25) is 0 Å². The maximum atomic E-state index is 14.0. The first-order chi connectivity index (χ1) is 32.9. The SMILES string of the molecule is CO[C@]1(C)C[C@H](O[C@H]2[C@H](C)[C@@H](O[C@H]3C[C@@H](N(C)CCc4cn(C[C@H]5CN(c6ccc(C(C)=O)cc6)C(=O)O5)nn4)C[C@@H](C)O3)[C@](C)(O)C[C@@H](C)CN(C)[C@H](C)[C@@H](O)[C@H](O)COC(=O)[C@@H]2C)O[C@@H](C)[C@@H]1O. The van der Waals surface area contributed by atoms with Crippen LogP contribution < -0.4 is 4.90 Å². The van der Waals surface area contributed by atoms with Gasteiger partial charge >= 0.3 is 12.1 Å². The number of esters is 1. The number of nitrogens with zero attached hydrogens (tertiary/aromatic N) is 6. The average Bonchev–Trinajstić information content (AvgIpc) is 3.92. The molecule has 1 amide bonds. The summed E-state index contributed by atoms with van der Waals surface area (Å²) in [5, 5.41) is 54.5. The van der Waals surface area contributed by atoms with Crippen LogP contribution in [0.5, 0.6) is 0 Å². The maximum absolute atomic E-state index is 14.0.